The minimum atomic E-state index is -0.186. The van der Waals surface area contributed by atoms with E-state index in [1.54, 1.807) is 19.2 Å². The molecule has 6 nitrogen and oxygen atoms in total. The molecule has 0 bridgehead atoms. The smallest absolute Gasteiger partial charge is 0.231 e. The highest BCUT2D eigenvalue weighted by Crippen LogP contribution is 2.41. The first kappa shape index (κ1) is 13.2. The summed E-state index contributed by atoms with van der Waals surface area (Å²) in [6.45, 7) is 1.53. The van der Waals surface area contributed by atoms with Crippen LogP contribution in [0.1, 0.15) is 17.3 Å². The van der Waals surface area contributed by atoms with Crippen molar-refractivity contribution >= 4 is 11.7 Å². The van der Waals surface area contributed by atoms with Gasteiger partial charge >= 0.3 is 0 Å². The Morgan fingerprint density at radius 2 is 2.11 bits per heavy atom. The molecular formula is C13H15NO5. The van der Waals surface area contributed by atoms with Crippen molar-refractivity contribution in [1.82, 2.24) is 4.90 Å². The normalized spacial score (nSPS) is 12.2. The topological polar surface area (TPSA) is 65.1 Å². The van der Waals surface area contributed by atoms with Crippen LogP contribution in [0.5, 0.6) is 17.2 Å². The Labute approximate surface area is 110 Å². The van der Waals surface area contributed by atoms with Gasteiger partial charge in [-0.05, 0) is 12.1 Å². The number of carbonyl (C=O) groups is 2. The summed E-state index contributed by atoms with van der Waals surface area (Å²) in [6, 6.07) is 3.19. The van der Waals surface area contributed by atoms with Gasteiger partial charge < -0.3 is 19.1 Å². The van der Waals surface area contributed by atoms with E-state index in [9.17, 15) is 9.59 Å². The van der Waals surface area contributed by atoms with Crippen LogP contribution in [0.4, 0.5) is 0 Å². The number of hydrogen-bond donors (Lipinski definition) is 0. The Balaban J connectivity index is 2.26. The number of hydrogen-bond acceptors (Lipinski definition) is 5. The van der Waals surface area contributed by atoms with Crippen LogP contribution < -0.4 is 14.2 Å². The molecule has 1 aromatic rings. The number of nitrogens with zero attached hydrogens (tertiary/aromatic N) is 1. The van der Waals surface area contributed by atoms with Gasteiger partial charge in [0.2, 0.25) is 18.4 Å². The molecule has 1 aliphatic heterocycles. The van der Waals surface area contributed by atoms with Crippen LogP contribution in [0.3, 0.4) is 0 Å². The highest BCUT2D eigenvalue weighted by Gasteiger charge is 2.22. The van der Waals surface area contributed by atoms with Crippen LogP contribution in [0.2, 0.25) is 0 Å². The fourth-order valence-electron chi connectivity index (χ4n) is 1.71. The zero-order valence-electron chi connectivity index (χ0n) is 11.1. The third-order valence-corrected chi connectivity index (χ3v) is 2.90. The summed E-state index contributed by atoms with van der Waals surface area (Å²) in [5.41, 5.74) is 0.425. The standard InChI is InChI=1S/C13H15NO5/c1-8(15)14(2)6-10(16)9-4-11(17-3)13-12(5-9)18-7-19-13/h4-5H,6-7H2,1-3H3. The van der Waals surface area contributed by atoms with Crippen molar-refractivity contribution in [2.24, 2.45) is 0 Å². The lowest BCUT2D eigenvalue weighted by molar-refractivity contribution is -0.127. The van der Waals surface area contributed by atoms with E-state index in [-0.39, 0.29) is 25.0 Å². The summed E-state index contributed by atoms with van der Waals surface area (Å²) in [7, 11) is 3.07. The number of fused-ring (bicyclic) bond motifs is 1. The molecule has 0 spiro atoms. The number of methoxy groups -OCH3 is 1. The minimum Gasteiger partial charge on any atom is -0.493 e. The highest BCUT2D eigenvalue weighted by atomic mass is 16.7. The molecule has 0 aliphatic carbocycles. The van der Waals surface area contributed by atoms with E-state index in [4.69, 9.17) is 14.2 Å². The van der Waals surface area contributed by atoms with E-state index in [0.717, 1.165) is 0 Å². The molecule has 0 fully saturated rings. The number of ketones is 1. The molecule has 0 saturated carbocycles. The lowest BCUT2D eigenvalue weighted by Crippen LogP contribution is -2.30. The molecular weight excluding hydrogens is 250 g/mol. The van der Waals surface area contributed by atoms with Crippen LogP contribution in [0, 0.1) is 0 Å². The van der Waals surface area contributed by atoms with Crippen LogP contribution in [-0.2, 0) is 4.79 Å². The number of ether oxygens (including phenoxy) is 3. The molecule has 1 amide bonds. The lowest BCUT2D eigenvalue weighted by atomic mass is 10.1. The Hall–Kier alpha value is -2.24. The average molecular weight is 265 g/mol. The van der Waals surface area contributed by atoms with Gasteiger partial charge in [-0.15, -0.1) is 0 Å². The molecule has 1 heterocycles. The van der Waals surface area contributed by atoms with Gasteiger partial charge in [0.25, 0.3) is 0 Å². The van der Waals surface area contributed by atoms with Crippen LogP contribution >= 0.6 is 0 Å². The maximum Gasteiger partial charge on any atom is 0.231 e. The largest absolute Gasteiger partial charge is 0.493 e. The molecule has 1 aliphatic rings. The second-order valence-electron chi connectivity index (χ2n) is 4.21. The van der Waals surface area contributed by atoms with Gasteiger partial charge in [0.1, 0.15) is 0 Å². The minimum absolute atomic E-state index is 0.0120. The number of likely N-dealkylation sites (N-methyl/N-ethyl adjacent to an activating group) is 1. The molecule has 2 rings (SSSR count). The van der Waals surface area contributed by atoms with Crippen molar-refractivity contribution in [1.29, 1.82) is 0 Å². The molecule has 0 unspecified atom stereocenters. The second-order valence-corrected chi connectivity index (χ2v) is 4.21. The van der Waals surface area contributed by atoms with Gasteiger partial charge in [0, 0.05) is 19.5 Å². The summed E-state index contributed by atoms with van der Waals surface area (Å²) in [6.07, 6.45) is 0. The Morgan fingerprint density at radius 1 is 1.37 bits per heavy atom. The number of benzene rings is 1. The predicted octanol–water partition coefficient (Wildman–Crippen LogP) is 1.08. The zero-order valence-corrected chi connectivity index (χ0v) is 11.1. The van der Waals surface area contributed by atoms with E-state index in [0.29, 0.717) is 22.8 Å². The number of rotatable bonds is 4. The fraction of sp³-hybridized carbons (Fsp3) is 0.385. The van der Waals surface area contributed by atoms with E-state index in [2.05, 4.69) is 0 Å². The summed E-state index contributed by atoms with van der Waals surface area (Å²) >= 11 is 0. The lowest BCUT2D eigenvalue weighted by Gasteiger charge is -2.14. The van der Waals surface area contributed by atoms with Gasteiger partial charge in [-0.2, -0.15) is 0 Å². The summed E-state index contributed by atoms with van der Waals surface area (Å²) in [5, 5.41) is 0. The van der Waals surface area contributed by atoms with Crippen LogP contribution in [0.25, 0.3) is 0 Å². The first-order chi connectivity index (χ1) is 9.02. The van der Waals surface area contributed by atoms with E-state index in [1.807, 2.05) is 0 Å². The molecule has 0 saturated heterocycles. The first-order valence-electron chi connectivity index (χ1n) is 5.75. The van der Waals surface area contributed by atoms with Crippen molar-refractivity contribution in [2.75, 3.05) is 27.5 Å². The van der Waals surface area contributed by atoms with Gasteiger partial charge in [-0.25, -0.2) is 0 Å². The Morgan fingerprint density at radius 3 is 2.74 bits per heavy atom. The van der Waals surface area contributed by atoms with Crippen molar-refractivity contribution in [3.63, 3.8) is 0 Å². The van der Waals surface area contributed by atoms with Crippen LogP contribution in [-0.4, -0.2) is 44.1 Å². The fourth-order valence-corrected chi connectivity index (χ4v) is 1.71. The van der Waals surface area contributed by atoms with Gasteiger partial charge in [-0.3, -0.25) is 9.59 Å². The zero-order chi connectivity index (χ0) is 14.0. The molecule has 1 aromatic carbocycles. The van der Waals surface area contributed by atoms with Crippen molar-refractivity contribution in [3.8, 4) is 17.2 Å². The quantitative estimate of drug-likeness (QED) is 0.762. The maximum atomic E-state index is 12.1. The van der Waals surface area contributed by atoms with Gasteiger partial charge in [0.15, 0.2) is 17.3 Å². The summed E-state index contributed by atoms with van der Waals surface area (Å²) < 4.78 is 15.7. The van der Waals surface area contributed by atoms with E-state index >= 15 is 0 Å². The molecule has 6 heteroatoms. The van der Waals surface area contributed by atoms with Crippen LogP contribution in [0.15, 0.2) is 12.1 Å². The van der Waals surface area contributed by atoms with Crippen molar-refractivity contribution in [3.05, 3.63) is 17.7 Å². The predicted molar refractivity (Wildman–Crippen MR) is 66.8 cm³/mol. The van der Waals surface area contributed by atoms with E-state index in [1.165, 1.54) is 18.9 Å². The monoisotopic (exact) mass is 265 g/mol. The van der Waals surface area contributed by atoms with Gasteiger partial charge in [-0.1, -0.05) is 0 Å². The highest BCUT2D eigenvalue weighted by molar-refractivity contribution is 6.00. The summed E-state index contributed by atoms with van der Waals surface area (Å²) in [4.78, 5) is 24.6. The molecule has 102 valence electrons. The summed E-state index contributed by atoms with van der Waals surface area (Å²) in [5.74, 6) is 1.08. The molecule has 0 atom stereocenters. The maximum absolute atomic E-state index is 12.1. The molecule has 0 aromatic heterocycles. The Kier molecular flexibility index (Phi) is 3.59. The molecule has 19 heavy (non-hydrogen) atoms. The molecule has 0 radical (unpaired) electrons. The number of carbonyl (C=O) groups excluding carboxylic acids is 2. The third kappa shape index (κ3) is 2.62. The van der Waals surface area contributed by atoms with E-state index < -0.39 is 0 Å². The number of Topliss-reactive ketones (excluding diaryl/α,β-unsaturated/α-hetero) is 1. The third-order valence-electron chi connectivity index (χ3n) is 2.90. The first-order valence-corrected chi connectivity index (χ1v) is 5.75. The second kappa shape index (κ2) is 5.17. The Bertz CT molecular complexity index is 526. The molecule has 0 N–H and O–H groups in total. The number of amides is 1. The van der Waals surface area contributed by atoms with Crippen molar-refractivity contribution < 1.29 is 23.8 Å². The SMILES string of the molecule is COc1cc(C(=O)CN(C)C(C)=O)cc2c1OCO2. The van der Waals surface area contributed by atoms with Gasteiger partial charge in [0.05, 0.1) is 13.7 Å². The van der Waals surface area contributed by atoms with Crippen molar-refractivity contribution in [2.45, 2.75) is 6.92 Å². The average Bonchev–Trinajstić information content (AvgIpc) is 2.85.